The zero-order chi connectivity index (χ0) is 13.9. The summed E-state index contributed by atoms with van der Waals surface area (Å²) in [5.41, 5.74) is -0.0745. The van der Waals surface area contributed by atoms with Crippen LogP contribution in [-0.2, 0) is 4.79 Å². The van der Waals surface area contributed by atoms with E-state index in [1.807, 2.05) is 0 Å². The Hall–Kier alpha value is -0.370. The van der Waals surface area contributed by atoms with Gasteiger partial charge in [0.2, 0.25) is 0 Å². The van der Waals surface area contributed by atoms with Crippen LogP contribution in [0.1, 0.15) is 72.1 Å². The fourth-order valence-electron chi connectivity index (χ4n) is 4.04. The lowest BCUT2D eigenvalue weighted by Gasteiger charge is -2.39. The second-order valence-electron chi connectivity index (χ2n) is 7.22. The summed E-state index contributed by atoms with van der Waals surface area (Å²) in [5, 5.41) is 0. The van der Waals surface area contributed by atoms with Crippen molar-refractivity contribution in [1.82, 2.24) is 4.90 Å². The van der Waals surface area contributed by atoms with Crippen LogP contribution in [0, 0.1) is 11.3 Å². The number of ketones is 1. The van der Waals surface area contributed by atoms with Crippen molar-refractivity contribution >= 4 is 5.78 Å². The van der Waals surface area contributed by atoms with Gasteiger partial charge >= 0.3 is 0 Å². The second-order valence-corrected chi connectivity index (χ2v) is 7.22. The lowest BCUT2D eigenvalue weighted by atomic mass is 9.71. The van der Waals surface area contributed by atoms with E-state index in [1.54, 1.807) is 0 Å². The molecular weight excluding hydrogens is 234 g/mol. The van der Waals surface area contributed by atoms with Crippen LogP contribution in [0.5, 0.6) is 0 Å². The largest absolute Gasteiger partial charge is 0.300 e. The van der Waals surface area contributed by atoms with Gasteiger partial charge in [-0.2, -0.15) is 0 Å². The monoisotopic (exact) mass is 265 g/mol. The van der Waals surface area contributed by atoms with Crippen LogP contribution in [0.4, 0.5) is 0 Å². The fourth-order valence-corrected chi connectivity index (χ4v) is 4.04. The summed E-state index contributed by atoms with van der Waals surface area (Å²) in [6.45, 7) is 8.65. The minimum atomic E-state index is -0.0745. The third kappa shape index (κ3) is 3.59. The molecule has 2 rings (SSSR count). The number of hydrogen-bond acceptors (Lipinski definition) is 2. The van der Waals surface area contributed by atoms with Gasteiger partial charge in [-0.15, -0.1) is 0 Å². The summed E-state index contributed by atoms with van der Waals surface area (Å²) < 4.78 is 0. The van der Waals surface area contributed by atoms with Gasteiger partial charge in [-0.1, -0.05) is 46.5 Å². The molecule has 2 heteroatoms. The normalized spacial score (nSPS) is 28.8. The Morgan fingerprint density at radius 2 is 1.79 bits per heavy atom. The van der Waals surface area contributed by atoms with E-state index in [9.17, 15) is 4.79 Å². The zero-order valence-electron chi connectivity index (χ0n) is 13.1. The average molecular weight is 265 g/mol. The van der Waals surface area contributed by atoms with Crippen molar-refractivity contribution in [2.75, 3.05) is 13.1 Å². The van der Waals surface area contributed by atoms with Gasteiger partial charge in [0.1, 0.15) is 5.78 Å². The molecule has 2 saturated carbocycles. The first-order valence-electron chi connectivity index (χ1n) is 8.33. The Morgan fingerprint density at radius 3 is 2.42 bits per heavy atom. The van der Waals surface area contributed by atoms with Crippen molar-refractivity contribution < 1.29 is 4.79 Å². The highest BCUT2D eigenvalue weighted by Gasteiger charge is 2.38. The smallest absolute Gasteiger partial charge is 0.142 e. The number of Topliss-reactive ketones (excluding diaryl/α,β-unsaturated/α-hetero) is 1. The lowest BCUT2D eigenvalue weighted by Crippen LogP contribution is -2.45. The van der Waals surface area contributed by atoms with Crippen LogP contribution >= 0.6 is 0 Å². The third-order valence-electron chi connectivity index (χ3n) is 5.34. The summed E-state index contributed by atoms with van der Waals surface area (Å²) in [6, 6.07) is 0.747. The molecule has 0 aromatic rings. The first kappa shape index (κ1) is 15.0. The van der Waals surface area contributed by atoms with E-state index in [0.29, 0.717) is 11.7 Å². The second kappa shape index (κ2) is 6.39. The topological polar surface area (TPSA) is 20.3 Å². The maximum absolute atomic E-state index is 12.6. The van der Waals surface area contributed by atoms with Crippen molar-refractivity contribution in [2.45, 2.75) is 78.2 Å². The Bertz CT molecular complexity index is 304. The SMILES string of the molecule is CCN(CC1CCCC(C)(C)C1=O)C1CCCCC1. The maximum atomic E-state index is 12.6. The van der Waals surface area contributed by atoms with Crippen LogP contribution in [0.2, 0.25) is 0 Å². The van der Waals surface area contributed by atoms with E-state index in [0.717, 1.165) is 32.0 Å². The summed E-state index contributed by atoms with van der Waals surface area (Å²) in [6.07, 6.45) is 10.3. The van der Waals surface area contributed by atoms with Gasteiger partial charge in [0.25, 0.3) is 0 Å². The summed E-state index contributed by atoms with van der Waals surface area (Å²) in [7, 11) is 0. The van der Waals surface area contributed by atoms with Crippen LogP contribution in [-0.4, -0.2) is 29.8 Å². The zero-order valence-corrected chi connectivity index (χ0v) is 13.1. The third-order valence-corrected chi connectivity index (χ3v) is 5.34. The molecule has 2 fully saturated rings. The summed E-state index contributed by atoms with van der Waals surface area (Å²) >= 11 is 0. The van der Waals surface area contributed by atoms with Crippen molar-refractivity contribution in [2.24, 2.45) is 11.3 Å². The highest BCUT2D eigenvalue weighted by molar-refractivity contribution is 5.87. The van der Waals surface area contributed by atoms with Crippen molar-refractivity contribution in [3.63, 3.8) is 0 Å². The average Bonchev–Trinajstić information content (AvgIpc) is 2.41. The molecule has 2 nitrogen and oxygen atoms in total. The van der Waals surface area contributed by atoms with Crippen LogP contribution in [0.25, 0.3) is 0 Å². The molecule has 0 saturated heterocycles. The number of hydrogen-bond donors (Lipinski definition) is 0. The maximum Gasteiger partial charge on any atom is 0.142 e. The molecule has 1 unspecified atom stereocenters. The predicted molar refractivity (Wildman–Crippen MR) is 80.2 cm³/mol. The Kier molecular flexibility index (Phi) is 5.05. The molecule has 0 bridgehead atoms. The first-order chi connectivity index (χ1) is 9.04. The number of rotatable bonds is 4. The molecule has 2 aliphatic rings. The molecule has 0 spiro atoms. The molecular formula is C17H31NO. The quantitative estimate of drug-likeness (QED) is 0.764. The van der Waals surface area contributed by atoms with Crippen LogP contribution in [0.15, 0.2) is 0 Å². The molecule has 19 heavy (non-hydrogen) atoms. The first-order valence-corrected chi connectivity index (χ1v) is 8.33. The number of nitrogens with zero attached hydrogens (tertiary/aromatic N) is 1. The van der Waals surface area contributed by atoms with E-state index >= 15 is 0 Å². The van der Waals surface area contributed by atoms with Crippen molar-refractivity contribution in [1.29, 1.82) is 0 Å². The predicted octanol–water partition coefficient (Wildman–Crippen LogP) is 4.04. The molecule has 0 N–H and O–H groups in total. The number of carbonyl (C=O) groups excluding carboxylic acids is 1. The van der Waals surface area contributed by atoms with Gasteiger partial charge in [0, 0.05) is 23.9 Å². The highest BCUT2D eigenvalue weighted by atomic mass is 16.1. The standard InChI is InChI=1S/C17H31NO/c1-4-18(15-10-6-5-7-11-15)13-14-9-8-12-17(2,3)16(14)19/h14-15H,4-13H2,1-3H3. The van der Waals surface area contributed by atoms with E-state index in [1.165, 1.54) is 38.5 Å². The molecule has 2 aliphatic carbocycles. The molecule has 1 atom stereocenters. The van der Waals surface area contributed by atoms with Crippen LogP contribution in [0.3, 0.4) is 0 Å². The van der Waals surface area contributed by atoms with Crippen LogP contribution < -0.4 is 0 Å². The molecule has 0 aromatic carbocycles. The minimum Gasteiger partial charge on any atom is -0.300 e. The van der Waals surface area contributed by atoms with E-state index < -0.39 is 0 Å². The van der Waals surface area contributed by atoms with Gasteiger partial charge < -0.3 is 0 Å². The summed E-state index contributed by atoms with van der Waals surface area (Å²) in [4.78, 5) is 15.2. The molecule has 110 valence electrons. The Morgan fingerprint density at radius 1 is 1.11 bits per heavy atom. The van der Waals surface area contributed by atoms with Crippen molar-refractivity contribution in [3.05, 3.63) is 0 Å². The Labute approximate surface area is 118 Å². The minimum absolute atomic E-state index is 0.0745. The molecule has 0 aromatic heterocycles. The van der Waals surface area contributed by atoms with Crippen molar-refractivity contribution in [3.8, 4) is 0 Å². The fraction of sp³-hybridized carbons (Fsp3) is 0.941. The van der Waals surface area contributed by atoms with Gasteiger partial charge in [0.05, 0.1) is 0 Å². The number of carbonyl (C=O) groups is 1. The Balaban J connectivity index is 1.95. The van der Waals surface area contributed by atoms with Gasteiger partial charge in [0.15, 0.2) is 0 Å². The van der Waals surface area contributed by atoms with Gasteiger partial charge in [-0.05, 0) is 32.2 Å². The van der Waals surface area contributed by atoms with E-state index in [2.05, 4.69) is 25.7 Å². The van der Waals surface area contributed by atoms with E-state index in [-0.39, 0.29) is 5.41 Å². The molecule has 0 amide bonds. The van der Waals surface area contributed by atoms with E-state index in [4.69, 9.17) is 0 Å². The molecule has 0 heterocycles. The summed E-state index contributed by atoms with van der Waals surface area (Å²) in [5.74, 6) is 0.818. The lowest BCUT2D eigenvalue weighted by molar-refractivity contribution is -0.135. The van der Waals surface area contributed by atoms with Gasteiger partial charge in [-0.25, -0.2) is 0 Å². The molecule has 0 aliphatic heterocycles. The molecule has 0 radical (unpaired) electrons. The highest BCUT2D eigenvalue weighted by Crippen LogP contribution is 2.36. The van der Waals surface area contributed by atoms with Gasteiger partial charge in [-0.3, -0.25) is 9.69 Å².